The van der Waals surface area contributed by atoms with Crippen LogP contribution in [-0.4, -0.2) is 23.9 Å². The predicted molar refractivity (Wildman–Crippen MR) is 134 cm³/mol. The van der Waals surface area contributed by atoms with Crippen LogP contribution in [0.15, 0.2) is 0 Å². The lowest BCUT2D eigenvalue weighted by Gasteiger charge is -2.08. The predicted octanol–water partition coefficient (Wildman–Crippen LogP) is 8.83. The maximum absolute atomic E-state index is 9.22. The van der Waals surface area contributed by atoms with Crippen LogP contribution < -0.4 is 0 Å². The number of hydrogen-bond donors (Lipinski definition) is 2. The van der Waals surface area contributed by atoms with Crippen LogP contribution in [0.25, 0.3) is 0 Å². The first kappa shape index (κ1) is 31.5. The highest BCUT2D eigenvalue weighted by molar-refractivity contribution is 9.41. The van der Waals surface area contributed by atoms with E-state index in [0.29, 0.717) is 13.2 Å². The van der Waals surface area contributed by atoms with E-state index in [1.807, 2.05) is 20.6 Å². The van der Waals surface area contributed by atoms with Gasteiger partial charge in [-0.05, 0) is 58.6 Å². The van der Waals surface area contributed by atoms with E-state index >= 15 is 0 Å². The summed E-state index contributed by atoms with van der Waals surface area (Å²) in [6.45, 7) is 7.43. The molecule has 0 aliphatic heterocycles. The number of unbranched alkanes of at least 4 members (excludes halogenated alkanes) is 6. The molecule has 0 aliphatic carbocycles. The summed E-state index contributed by atoms with van der Waals surface area (Å²) in [4.78, 5) is 18.8. The van der Waals surface area contributed by atoms with Crippen LogP contribution in [0.5, 0.6) is 0 Å². The van der Waals surface area contributed by atoms with Gasteiger partial charge in [-0.15, -0.1) is 0 Å². The fourth-order valence-corrected chi connectivity index (χ4v) is 10.7. The molecule has 0 heterocycles. The Kier molecular flexibility index (Phi) is 35.6. The molecule has 0 saturated carbocycles. The quantitative estimate of drug-likeness (QED) is 0.0408. The zero-order valence-corrected chi connectivity index (χ0v) is 22.4. The first-order valence-electron chi connectivity index (χ1n) is 9.24. The Morgan fingerprint density at radius 2 is 1.30 bits per heavy atom. The summed E-state index contributed by atoms with van der Waals surface area (Å²) in [6, 6.07) is 0. The Morgan fingerprint density at radius 3 is 1.74 bits per heavy atom. The average Bonchev–Trinajstić information content (AvgIpc) is 2.68. The summed E-state index contributed by atoms with van der Waals surface area (Å²) in [5, 5.41) is 0. The molecule has 0 amide bonds. The fraction of sp³-hybridized carbons (Fsp3) is 1.00. The molecule has 0 fully saturated rings. The maximum atomic E-state index is 9.22. The van der Waals surface area contributed by atoms with Crippen molar-refractivity contribution in [3.8, 4) is 0 Å². The summed E-state index contributed by atoms with van der Waals surface area (Å²) in [5.74, 6) is 1.25. The van der Waals surface area contributed by atoms with Crippen LogP contribution in [0.3, 0.4) is 0 Å². The van der Waals surface area contributed by atoms with Gasteiger partial charge in [-0.2, -0.15) is 9.35 Å². The van der Waals surface area contributed by atoms with Crippen molar-refractivity contribution in [2.45, 2.75) is 78.6 Å². The van der Waals surface area contributed by atoms with Crippen molar-refractivity contribution in [2.75, 3.05) is 19.0 Å². The van der Waals surface area contributed by atoms with Crippen molar-refractivity contribution in [2.24, 2.45) is 0 Å². The minimum Gasteiger partial charge on any atom is -0.325 e. The zero-order chi connectivity index (χ0) is 20.4. The standard InChI is InChI=1S/C12H27O5P.C3H8S6/c1-3-5-7-9-11-14-16-18(13)17-15-12-10-8-6-4-2;1-2-3-5-7-9-8-6-4/h13H,3-12H2,1-2H3;4H,2-3H2,1H3. The third-order valence-corrected chi connectivity index (χ3v) is 12.5. The largest absolute Gasteiger partial charge is 0.389 e. The van der Waals surface area contributed by atoms with Gasteiger partial charge in [0.15, 0.2) is 0 Å². The Hall–Kier alpha value is 2.33. The third kappa shape index (κ3) is 33.2. The first-order valence-corrected chi connectivity index (χ1v) is 17.7. The smallest absolute Gasteiger partial charge is 0.325 e. The van der Waals surface area contributed by atoms with E-state index in [0.717, 1.165) is 25.7 Å². The molecule has 0 atom stereocenters. The van der Waals surface area contributed by atoms with E-state index in [1.165, 1.54) is 47.7 Å². The summed E-state index contributed by atoms with van der Waals surface area (Å²) in [7, 11) is 6.63. The van der Waals surface area contributed by atoms with Gasteiger partial charge in [0.05, 0.1) is 13.2 Å². The van der Waals surface area contributed by atoms with Crippen molar-refractivity contribution < 1.29 is 24.0 Å². The molecule has 5 nitrogen and oxygen atoms in total. The molecule has 0 aromatic rings. The van der Waals surface area contributed by atoms with E-state index in [4.69, 9.17) is 9.78 Å². The third-order valence-electron chi connectivity index (χ3n) is 2.82. The van der Waals surface area contributed by atoms with Gasteiger partial charge in [-0.25, -0.2) is 9.78 Å². The summed E-state index contributed by atoms with van der Waals surface area (Å²) < 4.78 is 9.25. The van der Waals surface area contributed by atoms with Crippen molar-refractivity contribution >= 4 is 70.4 Å². The monoisotopic (exact) mass is 518 g/mol. The fourth-order valence-electron chi connectivity index (χ4n) is 1.51. The summed E-state index contributed by atoms with van der Waals surface area (Å²) in [5.41, 5.74) is 0. The van der Waals surface area contributed by atoms with E-state index in [-0.39, 0.29) is 0 Å². The van der Waals surface area contributed by atoms with Gasteiger partial charge in [-0.3, -0.25) is 0 Å². The van der Waals surface area contributed by atoms with Gasteiger partial charge >= 0.3 is 8.60 Å². The van der Waals surface area contributed by atoms with Gasteiger partial charge in [0, 0.05) is 5.75 Å². The number of rotatable bonds is 20. The number of thiol groups is 1. The molecule has 166 valence electrons. The van der Waals surface area contributed by atoms with Crippen LogP contribution in [-0.2, 0) is 19.1 Å². The molecular formula is C15H35O5PS6. The van der Waals surface area contributed by atoms with E-state index in [2.05, 4.69) is 41.8 Å². The molecule has 1 N–H and O–H groups in total. The minimum atomic E-state index is -2.07. The van der Waals surface area contributed by atoms with Crippen LogP contribution in [0.2, 0.25) is 0 Å². The highest BCUT2D eigenvalue weighted by Crippen LogP contribution is 2.49. The Morgan fingerprint density at radius 1 is 0.741 bits per heavy atom. The van der Waals surface area contributed by atoms with E-state index in [9.17, 15) is 4.89 Å². The minimum absolute atomic E-state index is 0.471. The molecule has 0 aromatic heterocycles. The first-order chi connectivity index (χ1) is 13.2. The molecule has 12 heteroatoms. The van der Waals surface area contributed by atoms with Crippen molar-refractivity contribution in [3.63, 3.8) is 0 Å². The van der Waals surface area contributed by atoms with Crippen molar-refractivity contribution in [1.82, 2.24) is 0 Å². The van der Waals surface area contributed by atoms with E-state index < -0.39 is 8.60 Å². The second-order valence-electron chi connectivity index (χ2n) is 5.25. The van der Waals surface area contributed by atoms with Crippen molar-refractivity contribution in [3.05, 3.63) is 0 Å². The molecule has 0 aromatic carbocycles. The lowest BCUT2D eigenvalue weighted by Crippen LogP contribution is -1.98. The lowest BCUT2D eigenvalue weighted by molar-refractivity contribution is -0.267. The summed E-state index contributed by atoms with van der Waals surface area (Å²) in [6.07, 6.45) is 10.1. The maximum Gasteiger partial charge on any atom is 0.389 e. The molecule has 0 radical (unpaired) electrons. The summed E-state index contributed by atoms with van der Waals surface area (Å²) >= 11 is 3.98. The van der Waals surface area contributed by atoms with Crippen LogP contribution in [0.4, 0.5) is 0 Å². The molecule has 0 saturated heterocycles. The molecule has 27 heavy (non-hydrogen) atoms. The topological polar surface area (TPSA) is 57.2 Å². The van der Waals surface area contributed by atoms with Gasteiger partial charge in [0.2, 0.25) is 0 Å². The number of hydrogen-bond acceptors (Lipinski definition) is 11. The van der Waals surface area contributed by atoms with Crippen LogP contribution in [0.1, 0.15) is 78.6 Å². The van der Waals surface area contributed by atoms with Crippen LogP contribution >= 0.6 is 70.4 Å². The van der Waals surface area contributed by atoms with Gasteiger partial charge in [0.1, 0.15) is 0 Å². The van der Waals surface area contributed by atoms with E-state index in [1.54, 1.807) is 19.7 Å². The Bertz CT molecular complexity index is 241. The highest BCUT2D eigenvalue weighted by atomic mass is 33.9. The van der Waals surface area contributed by atoms with Gasteiger partial charge in [0.25, 0.3) is 0 Å². The lowest BCUT2D eigenvalue weighted by atomic mass is 10.2. The van der Waals surface area contributed by atoms with Gasteiger partial charge in [-0.1, -0.05) is 81.8 Å². The Balaban J connectivity index is 0. The van der Waals surface area contributed by atoms with Gasteiger partial charge < -0.3 is 4.89 Å². The van der Waals surface area contributed by atoms with Crippen molar-refractivity contribution in [1.29, 1.82) is 0 Å². The average molecular weight is 519 g/mol. The molecule has 0 bridgehead atoms. The zero-order valence-electron chi connectivity index (χ0n) is 16.5. The Labute approximate surface area is 190 Å². The van der Waals surface area contributed by atoms with Crippen LogP contribution in [0, 0.1) is 0 Å². The normalized spacial score (nSPS) is 10.9. The molecule has 0 spiro atoms. The SMILES string of the molecule is CCCCCCOOP(O)OOCCCCCC.CCCSSSSSS. The molecule has 0 rings (SSSR count). The molecule has 0 aliphatic rings. The second kappa shape index (κ2) is 30.5. The highest BCUT2D eigenvalue weighted by Gasteiger charge is 2.08. The molecular weight excluding hydrogens is 484 g/mol. The second-order valence-corrected chi connectivity index (χ2v) is 14.6. The molecule has 0 unspecified atom stereocenters.